The molecule has 0 radical (unpaired) electrons. The third kappa shape index (κ3) is 7.44. The first-order chi connectivity index (χ1) is 20.5. The molecule has 44 heavy (non-hydrogen) atoms. The van der Waals surface area contributed by atoms with Gasteiger partial charge < -0.3 is 13.9 Å². The van der Waals surface area contributed by atoms with Crippen molar-refractivity contribution in [3.05, 3.63) is 71.3 Å². The number of ketones is 1. The molecule has 3 aromatic rings. The maximum atomic E-state index is 14.9. The van der Waals surface area contributed by atoms with Gasteiger partial charge in [-0.05, 0) is 45.2 Å². The van der Waals surface area contributed by atoms with Crippen LogP contribution in [0.2, 0.25) is 0 Å². The van der Waals surface area contributed by atoms with Crippen LogP contribution in [0, 0.1) is 0 Å². The Morgan fingerprint density at radius 3 is 2.36 bits per heavy atom. The Balaban J connectivity index is 1.92. The average molecular weight is 627 g/mol. The van der Waals surface area contributed by atoms with E-state index in [0.717, 1.165) is 0 Å². The highest BCUT2D eigenvalue weighted by Gasteiger charge is 2.61. The van der Waals surface area contributed by atoms with Gasteiger partial charge in [0.1, 0.15) is 11.3 Å². The lowest BCUT2D eigenvalue weighted by Crippen LogP contribution is -2.45. The summed E-state index contributed by atoms with van der Waals surface area (Å²) in [6.45, 7) is 4.01. The fraction of sp³-hybridized carbons (Fsp3) is 0.414. The predicted molar refractivity (Wildman–Crippen MR) is 143 cm³/mol. The Morgan fingerprint density at radius 2 is 1.73 bits per heavy atom. The molecule has 1 amide bonds. The Kier molecular flexibility index (Phi) is 9.18. The van der Waals surface area contributed by atoms with Crippen LogP contribution in [-0.4, -0.2) is 38.8 Å². The first-order valence-electron chi connectivity index (χ1n) is 13.4. The summed E-state index contributed by atoms with van der Waals surface area (Å²) in [5, 5.41) is 9.32. The number of carbonyl (C=O) groups is 2. The lowest BCUT2D eigenvalue weighted by atomic mass is 9.97. The summed E-state index contributed by atoms with van der Waals surface area (Å²) in [6.07, 6.45) is -9.99. The van der Waals surface area contributed by atoms with Gasteiger partial charge in [-0.3, -0.25) is 10.1 Å². The van der Waals surface area contributed by atoms with Crippen molar-refractivity contribution in [2.75, 3.05) is 5.32 Å². The van der Waals surface area contributed by atoms with Crippen LogP contribution in [0.1, 0.15) is 74.0 Å². The number of carbonyl (C=O) groups excluding carboxylic acids is 2. The number of halogens is 6. The van der Waals surface area contributed by atoms with Gasteiger partial charge in [-0.25, -0.2) is 9.78 Å². The molecule has 1 atom stereocenters. The molecule has 4 bridgehead atoms. The molecule has 236 valence electrons. The standard InChI is InChI=1S/C29H28F6N4O5/c1-26(2,3)44-25(41)36-19-15-18(28(30,31)32)21-20(40)13-9-4-5-10-14-27(29(33,34)35,42-16-17-11-7-6-8-12-17)24-39-38-23(43-24)22(19)37-21/h5-8,10-12,15H,4,9,13-14,16H2,1-3H3,(H,36,41)/b10-5-/t27-/m1/s1. The minimum absolute atomic E-state index is 0.0177. The van der Waals surface area contributed by atoms with Crippen LogP contribution < -0.4 is 5.32 Å². The van der Waals surface area contributed by atoms with E-state index in [1.165, 1.54) is 32.9 Å². The SMILES string of the molecule is CC(C)(C)OC(=O)Nc1cc(C(F)(F)F)c2nc1-c1nnc(o1)[C@@](OCc1ccccc1)(C(F)(F)F)C/C=C\CCCC2=O. The van der Waals surface area contributed by atoms with Crippen molar-refractivity contribution in [1.82, 2.24) is 15.2 Å². The van der Waals surface area contributed by atoms with Crippen LogP contribution in [0.5, 0.6) is 0 Å². The summed E-state index contributed by atoms with van der Waals surface area (Å²) in [6, 6.07) is 8.45. The van der Waals surface area contributed by atoms with Crippen molar-refractivity contribution in [1.29, 1.82) is 0 Å². The zero-order valence-corrected chi connectivity index (χ0v) is 23.8. The van der Waals surface area contributed by atoms with Crippen molar-refractivity contribution in [2.45, 2.75) is 76.6 Å². The van der Waals surface area contributed by atoms with Crippen LogP contribution in [0.3, 0.4) is 0 Å². The quantitative estimate of drug-likeness (QED) is 0.231. The highest BCUT2D eigenvalue weighted by Crippen LogP contribution is 2.46. The van der Waals surface area contributed by atoms with Crippen LogP contribution in [0.25, 0.3) is 11.6 Å². The van der Waals surface area contributed by atoms with E-state index in [-0.39, 0.29) is 12.8 Å². The first-order valence-corrected chi connectivity index (χ1v) is 13.4. The number of fused-ring (bicyclic) bond motifs is 5. The number of anilines is 1. The second kappa shape index (κ2) is 12.4. The number of rotatable bonds is 4. The van der Waals surface area contributed by atoms with Crippen LogP contribution in [0.15, 0.2) is 53.0 Å². The second-order valence-electron chi connectivity index (χ2n) is 10.9. The highest BCUT2D eigenvalue weighted by atomic mass is 19.4. The first kappa shape index (κ1) is 32.6. The molecule has 0 saturated carbocycles. The van der Waals surface area contributed by atoms with E-state index in [1.807, 2.05) is 0 Å². The molecule has 0 saturated heterocycles. The molecular weight excluding hydrogens is 598 g/mol. The molecule has 2 aromatic heterocycles. The van der Waals surface area contributed by atoms with Gasteiger partial charge in [0.25, 0.3) is 11.8 Å². The Hall–Kier alpha value is -4.27. The topological polar surface area (TPSA) is 116 Å². The van der Waals surface area contributed by atoms with Crippen molar-refractivity contribution in [3.8, 4) is 11.6 Å². The number of benzene rings is 1. The summed E-state index contributed by atoms with van der Waals surface area (Å²) in [5.41, 5.74) is -7.68. The number of nitrogens with one attached hydrogen (secondary N) is 1. The van der Waals surface area contributed by atoms with Crippen LogP contribution in [0.4, 0.5) is 36.8 Å². The Bertz CT molecular complexity index is 1530. The van der Waals surface area contributed by atoms with E-state index in [9.17, 15) is 35.9 Å². The molecule has 4 rings (SSSR count). The summed E-state index contributed by atoms with van der Waals surface area (Å²) < 4.78 is 103. The monoisotopic (exact) mass is 626 g/mol. The van der Waals surface area contributed by atoms with Crippen LogP contribution in [-0.2, 0) is 27.9 Å². The number of allylic oxidation sites excluding steroid dienone is 1. The number of hydrogen-bond acceptors (Lipinski definition) is 8. The number of amides is 1. The van der Waals surface area contributed by atoms with E-state index in [4.69, 9.17) is 13.9 Å². The maximum Gasteiger partial charge on any atom is 0.426 e. The summed E-state index contributed by atoms with van der Waals surface area (Å²) in [7, 11) is 0. The fourth-order valence-corrected chi connectivity index (χ4v) is 4.27. The zero-order valence-electron chi connectivity index (χ0n) is 23.8. The number of Topliss-reactive ketones (excluding diaryl/α,β-unsaturated/α-hetero) is 1. The van der Waals surface area contributed by atoms with Gasteiger partial charge in [0.05, 0.1) is 17.9 Å². The lowest BCUT2D eigenvalue weighted by molar-refractivity contribution is -0.295. The van der Waals surface area contributed by atoms with Crippen molar-refractivity contribution >= 4 is 17.6 Å². The number of alkyl halides is 6. The zero-order chi connectivity index (χ0) is 32.3. The fourth-order valence-electron chi connectivity index (χ4n) is 4.27. The van der Waals surface area contributed by atoms with Gasteiger partial charge in [-0.2, -0.15) is 26.3 Å². The molecule has 0 aliphatic carbocycles. The van der Waals surface area contributed by atoms with Crippen molar-refractivity contribution < 1.29 is 49.8 Å². The minimum atomic E-state index is -5.11. The van der Waals surface area contributed by atoms with E-state index < -0.39 is 89.3 Å². The number of pyridine rings is 1. The summed E-state index contributed by atoms with van der Waals surface area (Å²) in [5.74, 6) is -2.84. The number of nitrogens with zero attached hydrogens (tertiary/aromatic N) is 3. The van der Waals surface area contributed by atoms with Crippen molar-refractivity contribution in [2.24, 2.45) is 0 Å². The normalized spacial score (nSPS) is 18.8. The summed E-state index contributed by atoms with van der Waals surface area (Å²) in [4.78, 5) is 29.3. The molecule has 1 aliphatic rings. The number of hydrogen-bond donors (Lipinski definition) is 1. The second-order valence-corrected chi connectivity index (χ2v) is 10.9. The maximum absolute atomic E-state index is 14.9. The molecule has 3 heterocycles. The van der Waals surface area contributed by atoms with Gasteiger partial charge in [0.2, 0.25) is 5.60 Å². The van der Waals surface area contributed by atoms with Gasteiger partial charge >= 0.3 is 18.4 Å². The largest absolute Gasteiger partial charge is 0.444 e. The van der Waals surface area contributed by atoms with E-state index in [1.54, 1.807) is 30.3 Å². The lowest BCUT2D eigenvalue weighted by Gasteiger charge is -2.31. The third-order valence-corrected chi connectivity index (χ3v) is 6.33. The molecule has 1 N–H and O–H groups in total. The highest BCUT2D eigenvalue weighted by molar-refractivity contribution is 5.98. The molecule has 1 aliphatic heterocycles. The molecular formula is C29H28F6N4O5. The number of aromatic nitrogens is 3. The van der Waals surface area contributed by atoms with Crippen molar-refractivity contribution in [3.63, 3.8) is 0 Å². The van der Waals surface area contributed by atoms with E-state index in [0.29, 0.717) is 11.6 Å². The molecule has 0 spiro atoms. The van der Waals surface area contributed by atoms with E-state index >= 15 is 0 Å². The van der Waals surface area contributed by atoms with Gasteiger partial charge in [0, 0.05) is 12.8 Å². The molecule has 1 aromatic carbocycles. The molecule has 15 heteroatoms. The predicted octanol–water partition coefficient (Wildman–Crippen LogP) is 7.78. The molecule has 0 fully saturated rings. The van der Waals surface area contributed by atoms with Gasteiger partial charge in [-0.15, -0.1) is 10.2 Å². The van der Waals surface area contributed by atoms with Crippen LogP contribution >= 0.6 is 0 Å². The third-order valence-electron chi connectivity index (χ3n) is 6.33. The number of ether oxygens (including phenoxy) is 2. The van der Waals surface area contributed by atoms with Gasteiger partial charge in [-0.1, -0.05) is 42.5 Å². The van der Waals surface area contributed by atoms with Gasteiger partial charge in [0.15, 0.2) is 11.5 Å². The minimum Gasteiger partial charge on any atom is -0.444 e. The average Bonchev–Trinajstić information content (AvgIpc) is 3.40. The summed E-state index contributed by atoms with van der Waals surface area (Å²) >= 11 is 0. The molecule has 9 nitrogen and oxygen atoms in total. The Morgan fingerprint density at radius 1 is 1.02 bits per heavy atom. The van der Waals surface area contributed by atoms with E-state index in [2.05, 4.69) is 20.5 Å². The Labute approximate surface area is 247 Å². The smallest absolute Gasteiger partial charge is 0.426 e. The molecule has 0 unspecified atom stereocenters.